The van der Waals surface area contributed by atoms with Crippen LogP contribution in [0.5, 0.6) is 0 Å². The predicted molar refractivity (Wildman–Crippen MR) is 84.0 cm³/mol. The van der Waals surface area contributed by atoms with E-state index in [4.69, 9.17) is 0 Å². The SMILES string of the molecule is C1CCC2(CC1)CN(CCN1CCSCC1)CCN2. The molecule has 0 aromatic carbocycles. The molecule has 2 saturated heterocycles. The Kier molecular flexibility index (Phi) is 5.07. The first kappa shape index (κ1) is 14.2. The summed E-state index contributed by atoms with van der Waals surface area (Å²) in [7, 11) is 0. The summed E-state index contributed by atoms with van der Waals surface area (Å²) in [4.78, 5) is 5.38. The van der Waals surface area contributed by atoms with Gasteiger partial charge in [-0.2, -0.15) is 11.8 Å². The van der Waals surface area contributed by atoms with E-state index in [2.05, 4.69) is 26.9 Å². The molecule has 110 valence electrons. The van der Waals surface area contributed by atoms with Crippen LogP contribution in [0.25, 0.3) is 0 Å². The number of rotatable bonds is 3. The first-order chi connectivity index (χ1) is 9.36. The van der Waals surface area contributed by atoms with Crippen LogP contribution in [0.15, 0.2) is 0 Å². The van der Waals surface area contributed by atoms with Gasteiger partial charge in [0.15, 0.2) is 0 Å². The van der Waals surface area contributed by atoms with Crippen molar-refractivity contribution in [1.29, 1.82) is 0 Å². The lowest BCUT2D eigenvalue weighted by Gasteiger charge is -2.46. The van der Waals surface area contributed by atoms with Crippen LogP contribution in [-0.2, 0) is 0 Å². The van der Waals surface area contributed by atoms with Crippen molar-refractivity contribution in [3.8, 4) is 0 Å². The third kappa shape index (κ3) is 3.87. The summed E-state index contributed by atoms with van der Waals surface area (Å²) in [5, 5.41) is 3.84. The van der Waals surface area contributed by atoms with Crippen LogP contribution in [0.2, 0.25) is 0 Å². The molecule has 3 nitrogen and oxygen atoms in total. The highest BCUT2D eigenvalue weighted by Crippen LogP contribution is 2.30. The maximum Gasteiger partial charge on any atom is 0.0309 e. The minimum Gasteiger partial charge on any atom is -0.309 e. The van der Waals surface area contributed by atoms with E-state index in [9.17, 15) is 0 Å². The quantitative estimate of drug-likeness (QED) is 0.848. The van der Waals surface area contributed by atoms with E-state index in [1.807, 2.05) is 0 Å². The van der Waals surface area contributed by atoms with E-state index in [0.29, 0.717) is 5.54 Å². The van der Waals surface area contributed by atoms with Crippen LogP contribution in [-0.4, -0.2) is 72.7 Å². The largest absolute Gasteiger partial charge is 0.309 e. The van der Waals surface area contributed by atoms with Crippen LogP contribution < -0.4 is 5.32 Å². The summed E-state index contributed by atoms with van der Waals surface area (Å²) >= 11 is 2.11. The molecule has 1 saturated carbocycles. The van der Waals surface area contributed by atoms with Gasteiger partial charge < -0.3 is 10.2 Å². The summed E-state index contributed by atoms with van der Waals surface area (Å²) in [5.74, 6) is 2.68. The third-order valence-corrected chi connectivity index (χ3v) is 6.04. The summed E-state index contributed by atoms with van der Waals surface area (Å²) in [6.45, 7) is 8.95. The first-order valence-electron chi connectivity index (χ1n) is 8.14. The van der Waals surface area contributed by atoms with Gasteiger partial charge >= 0.3 is 0 Å². The number of thioether (sulfide) groups is 1. The molecule has 0 aromatic heterocycles. The Morgan fingerprint density at radius 2 is 1.63 bits per heavy atom. The Morgan fingerprint density at radius 3 is 2.42 bits per heavy atom. The van der Waals surface area contributed by atoms with Gasteiger partial charge in [-0.05, 0) is 12.8 Å². The fourth-order valence-corrected chi connectivity index (χ4v) is 4.88. The summed E-state index contributed by atoms with van der Waals surface area (Å²) in [6, 6.07) is 0. The Labute approximate surface area is 122 Å². The van der Waals surface area contributed by atoms with Gasteiger partial charge in [0.1, 0.15) is 0 Å². The minimum atomic E-state index is 0.480. The molecule has 1 aliphatic carbocycles. The summed E-state index contributed by atoms with van der Waals surface area (Å²) in [6.07, 6.45) is 7.14. The van der Waals surface area contributed by atoms with Gasteiger partial charge in [-0.15, -0.1) is 0 Å². The number of nitrogens with one attached hydrogen (secondary N) is 1. The molecule has 2 heterocycles. The Balaban J connectivity index is 1.45. The fourth-order valence-electron chi connectivity index (χ4n) is 3.90. The number of piperazine rings is 1. The van der Waals surface area contributed by atoms with Crippen molar-refractivity contribution < 1.29 is 0 Å². The van der Waals surface area contributed by atoms with Crippen molar-refractivity contribution in [2.24, 2.45) is 0 Å². The molecule has 0 amide bonds. The molecule has 0 atom stereocenters. The number of nitrogens with zero attached hydrogens (tertiary/aromatic N) is 2. The molecule has 0 unspecified atom stereocenters. The highest BCUT2D eigenvalue weighted by atomic mass is 32.2. The molecule has 3 aliphatic rings. The van der Waals surface area contributed by atoms with Crippen LogP contribution in [0, 0.1) is 0 Å². The molecule has 2 aliphatic heterocycles. The smallest absolute Gasteiger partial charge is 0.0309 e. The normalized spacial score (nSPS) is 29.7. The Hall–Kier alpha value is 0.230. The zero-order valence-electron chi connectivity index (χ0n) is 12.2. The maximum absolute atomic E-state index is 3.84. The average molecular weight is 283 g/mol. The van der Waals surface area contributed by atoms with Crippen molar-refractivity contribution in [3.05, 3.63) is 0 Å². The second kappa shape index (κ2) is 6.79. The number of hydrogen-bond donors (Lipinski definition) is 1. The molecule has 3 fully saturated rings. The third-order valence-electron chi connectivity index (χ3n) is 5.10. The molecular formula is C15H29N3S. The zero-order valence-corrected chi connectivity index (χ0v) is 13.0. The van der Waals surface area contributed by atoms with Crippen LogP contribution >= 0.6 is 11.8 Å². The topological polar surface area (TPSA) is 18.5 Å². The molecule has 1 spiro atoms. The summed E-state index contributed by atoms with van der Waals surface area (Å²) < 4.78 is 0. The highest BCUT2D eigenvalue weighted by molar-refractivity contribution is 7.99. The molecule has 0 radical (unpaired) electrons. The van der Waals surface area contributed by atoms with E-state index in [0.717, 1.165) is 0 Å². The fraction of sp³-hybridized carbons (Fsp3) is 1.00. The Bertz CT molecular complexity index is 267. The van der Waals surface area contributed by atoms with Crippen molar-refractivity contribution in [2.45, 2.75) is 37.6 Å². The van der Waals surface area contributed by atoms with Crippen molar-refractivity contribution in [3.63, 3.8) is 0 Å². The summed E-state index contributed by atoms with van der Waals surface area (Å²) in [5.41, 5.74) is 0.480. The van der Waals surface area contributed by atoms with Gasteiger partial charge in [-0.3, -0.25) is 4.90 Å². The van der Waals surface area contributed by atoms with Crippen LogP contribution in [0.1, 0.15) is 32.1 Å². The molecule has 0 bridgehead atoms. The number of hydrogen-bond acceptors (Lipinski definition) is 4. The minimum absolute atomic E-state index is 0.480. The molecule has 4 heteroatoms. The second-order valence-electron chi connectivity index (χ2n) is 6.50. The zero-order chi connectivity index (χ0) is 13.0. The highest BCUT2D eigenvalue weighted by Gasteiger charge is 2.35. The first-order valence-corrected chi connectivity index (χ1v) is 9.29. The van der Waals surface area contributed by atoms with Gasteiger partial charge in [0.05, 0.1) is 0 Å². The average Bonchev–Trinajstić information content (AvgIpc) is 2.47. The van der Waals surface area contributed by atoms with Gasteiger partial charge in [0, 0.05) is 62.9 Å². The van der Waals surface area contributed by atoms with E-state index in [1.165, 1.54) is 89.4 Å². The van der Waals surface area contributed by atoms with Gasteiger partial charge in [-0.1, -0.05) is 19.3 Å². The lowest BCUT2D eigenvalue weighted by Crippen LogP contribution is -2.61. The van der Waals surface area contributed by atoms with E-state index in [1.54, 1.807) is 0 Å². The molecule has 1 N–H and O–H groups in total. The van der Waals surface area contributed by atoms with E-state index in [-0.39, 0.29) is 0 Å². The molecular weight excluding hydrogens is 254 g/mol. The van der Waals surface area contributed by atoms with Gasteiger partial charge in [0.2, 0.25) is 0 Å². The Morgan fingerprint density at radius 1 is 0.895 bits per heavy atom. The monoisotopic (exact) mass is 283 g/mol. The standard InChI is InChI=1S/C15H29N3S/c1-2-4-15(5-3-1)14-18(7-6-16-15)9-8-17-10-12-19-13-11-17/h16H,1-14H2. The predicted octanol–water partition coefficient (Wildman–Crippen LogP) is 1.64. The van der Waals surface area contributed by atoms with E-state index >= 15 is 0 Å². The van der Waals surface area contributed by atoms with Crippen LogP contribution in [0.4, 0.5) is 0 Å². The van der Waals surface area contributed by atoms with Gasteiger partial charge in [-0.25, -0.2) is 0 Å². The van der Waals surface area contributed by atoms with Crippen molar-refractivity contribution >= 4 is 11.8 Å². The molecule has 0 aromatic rings. The molecule has 3 rings (SSSR count). The maximum atomic E-state index is 3.84. The van der Waals surface area contributed by atoms with E-state index < -0.39 is 0 Å². The molecule has 19 heavy (non-hydrogen) atoms. The lowest BCUT2D eigenvalue weighted by atomic mass is 9.80. The lowest BCUT2D eigenvalue weighted by molar-refractivity contribution is 0.0907. The second-order valence-corrected chi connectivity index (χ2v) is 7.72. The van der Waals surface area contributed by atoms with Crippen molar-refractivity contribution in [2.75, 3.05) is 57.3 Å². The van der Waals surface area contributed by atoms with Crippen molar-refractivity contribution in [1.82, 2.24) is 15.1 Å². The van der Waals surface area contributed by atoms with Crippen LogP contribution in [0.3, 0.4) is 0 Å². The van der Waals surface area contributed by atoms with Gasteiger partial charge in [0.25, 0.3) is 0 Å².